The zero-order chi connectivity index (χ0) is 10.6. The highest BCUT2D eigenvalue weighted by molar-refractivity contribution is 7.38. The first-order chi connectivity index (χ1) is 6.59. The van der Waals surface area contributed by atoms with Gasteiger partial charge in [-0.15, -0.1) is 0 Å². The minimum atomic E-state index is -2.62. The summed E-state index contributed by atoms with van der Waals surface area (Å²) in [5.74, 6) is 0.564. The number of esters is 1. The molecule has 1 aromatic carbocycles. The fraction of sp³-hybridized carbons (Fsp3) is 0.125. The number of carbonyl (C=O) groups is 1. The topological polar surface area (TPSA) is 87.0 Å². The van der Waals surface area contributed by atoms with E-state index < -0.39 is 8.60 Å². The molecule has 0 aromatic heterocycles. The summed E-state index contributed by atoms with van der Waals surface area (Å²) >= 11 is 0. The maximum atomic E-state index is 10.7. The van der Waals surface area contributed by atoms with Crippen LogP contribution in [0.1, 0.15) is 5.56 Å². The van der Waals surface area contributed by atoms with Crippen LogP contribution < -0.4 is 4.74 Å². The summed E-state index contributed by atoms with van der Waals surface area (Å²) in [5.41, 5.74) is 0.993. The first-order valence-electron chi connectivity index (χ1n) is 3.75. The molecule has 0 bridgehead atoms. The SMILES string of the molecule is O=C1Cc2ccccc2O1.OP(O)O. The van der Waals surface area contributed by atoms with Crippen molar-refractivity contribution in [2.75, 3.05) is 0 Å². The Morgan fingerprint density at radius 1 is 1.21 bits per heavy atom. The van der Waals surface area contributed by atoms with Gasteiger partial charge in [-0.25, -0.2) is 0 Å². The van der Waals surface area contributed by atoms with Crippen molar-refractivity contribution in [1.82, 2.24) is 0 Å². The number of fused-ring (bicyclic) bond motifs is 1. The molecule has 0 atom stereocenters. The van der Waals surface area contributed by atoms with Crippen molar-refractivity contribution in [3.05, 3.63) is 29.8 Å². The Hall–Kier alpha value is -1.00. The summed E-state index contributed by atoms with van der Waals surface area (Å²) in [6.45, 7) is 0. The lowest BCUT2D eigenvalue weighted by molar-refractivity contribution is -0.131. The Labute approximate surface area is 81.6 Å². The molecule has 0 saturated carbocycles. The fourth-order valence-corrected chi connectivity index (χ4v) is 1.06. The number of ether oxygens (including phenoxy) is 1. The van der Waals surface area contributed by atoms with Crippen LogP contribution in [0.5, 0.6) is 5.75 Å². The van der Waals surface area contributed by atoms with E-state index in [4.69, 9.17) is 19.4 Å². The van der Waals surface area contributed by atoms with E-state index in [1.165, 1.54) is 0 Å². The number of benzene rings is 1. The van der Waals surface area contributed by atoms with Crippen molar-refractivity contribution in [2.45, 2.75) is 6.42 Å². The highest BCUT2D eigenvalue weighted by Gasteiger charge is 2.18. The van der Waals surface area contributed by atoms with E-state index in [9.17, 15) is 4.79 Å². The number of rotatable bonds is 0. The minimum Gasteiger partial charge on any atom is -0.426 e. The Morgan fingerprint density at radius 2 is 1.79 bits per heavy atom. The summed E-state index contributed by atoms with van der Waals surface area (Å²) in [4.78, 5) is 32.4. The molecule has 1 aliphatic heterocycles. The smallest absolute Gasteiger partial charge is 0.324 e. The standard InChI is InChI=1S/C8H6O2.H3O3P/c9-8-5-6-3-1-2-4-7(6)10-8;1-4(2)3/h1-4H,5H2;1-3H. The van der Waals surface area contributed by atoms with Gasteiger partial charge in [0, 0.05) is 5.56 Å². The van der Waals surface area contributed by atoms with Crippen molar-refractivity contribution in [3.63, 3.8) is 0 Å². The summed E-state index contributed by atoms with van der Waals surface area (Å²) in [6.07, 6.45) is 0.427. The van der Waals surface area contributed by atoms with Gasteiger partial charge in [-0.1, -0.05) is 18.2 Å². The van der Waals surface area contributed by atoms with Crippen LogP contribution in [0.4, 0.5) is 0 Å². The summed E-state index contributed by atoms with van der Waals surface area (Å²) < 4.78 is 4.87. The molecule has 0 saturated heterocycles. The number of hydrogen-bond acceptors (Lipinski definition) is 5. The monoisotopic (exact) mass is 216 g/mol. The van der Waals surface area contributed by atoms with E-state index >= 15 is 0 Å². The van der Waals surface area contributed by atoms with Crippen LogP contribution in [-0.2, 0) is 11.2 Å². The molecule has 0 spiro atoms. The van der Waals surface area contributed by atoms with Crippen molar-refractivity contribution in [1.29, 1.82) is 0 Å². The summed E-state index contributed by atoms with van der Waals surface area (Å²) in [6, 6.07) is 7.47. The van der Waals surface area contributed by atoms with E-state index in [1.54, 1.807) is 6.07 Å². The van der Waals surface area contributed by atoms with Gasteiger partial charge in [0.05, 0.1) is 6.42 Å². The molecule has 5 nitrogen and oxygen atoms in total. The molecule has 14 heavy (non-hydrogen) atoms. The first-order valence-corrected chi connectivity index (χ1v) is 4.95. The number of hydrogen-bond donors (Lipinski definition) is 3. The van der Waals surface area contributed by atoms with Crippen LogP contribution in [-0.4, -0.2) is 20.6 Å². The van der Waals surface area contributed by atoms with E-state index in [2.05, 4.69) is 0 Å². The molecule has 6 heteroatoms. The van der Waals surface area contributed by atoms with Gasteiger partial charge in [0.2, 0.25) is 0 Å². The van der Waals surface area contributed by atoms with Crippen LogP contribution in [0.2, 0.25) is 0 Å². The van der Waals surface area contributed by atoms with Crippen molar-refractivity contribution in [2.24, 2.45) is 0 Å². The van der Waals surface area contributed by atoms with Gasteiger partial charge in [0.15, 0.2) is 0 Å². The highest BCUT2D eigenvalue weighted by Crippen LogP contribution is 2.24. The van der Waals surface area contributed by atoms with E-state index in [0.29, 0.717) is 12.2 Å². The largest absolute Gasteiger partial charge is 0.426 e. The molecule has 2 rings (SSSR count). The van der Waals surface area contributed by atoms with Crippen LogP contribution in [0, 0.1) is 0 Å². The van der Waals surface area contributed by atoms with Gasteiger partial charge in [-0.2, -0.15) is 0 Å². The summed E-state index contributed by atoms with van der Waals surface area (Å²) in [5, 5.41) is 0. The van der Waals surface area contributed by atoms with Gasteiger partial charge in [0.1, 0.15) is 5.75 Å². The van der Waals surface area contributed by atoms with Crippen LogP contribution >= 0.6 is 8.60 Å². The first kappa shape index (κ1) is 11.1. The van der Waals surface area contributed by atoms with Gasteiger partial charge in [0.25, 0.3) is 0 Å². The average Bonchev–Trinajstić information content (AvgIpc) is 2.42. The zero-order valence-electron chi connectivity index (χ0n) is 7.12. The molecule has 0 fully saturated rings. The lowest BCUT2D eigenvalue weighted by atomic mass is 10.2. The van der Waals surface area contributed by atoms with Crippen molar-refractivity contribution in [3.8, 4) is 5.75 Å². The molecular weight excluding hydrogens is 207 g/mol. The van der Waals surface area contributed by atoms with Crippen molar-refractivity contribution >= 4 is 14.6 Å². The third-order valence-corrected chi connectivity index (χ3v) is 1.53. The Kier molecular flexibility index (Phi) is 3.98. The Bertz CT molecular complexity index is 296. The lowest BCUT2D eigenvalue weighted by Gasteiger charge is -1.91. The molecular formula is C8H9O5P. The highest BCUT2D eigenvalue weighted by atomic mass is 31.2. The molecule has 1 aromatic rings. The number of carbonyl (C=O) groups excluding carboxylic acids is 1. The third-order valence-electron chi connectivity index (χ3n) is 1.53. The molecule has 1 aliphatic rings. The van der Waals surface area contributed by atoms with Gasteiger partial charge in [-0.05, 0) is 6.07 Å². The average molecular weight is 216 g/mol. The molecule has 0 aliphatic carbocycles. The van der Waals surface area contributed by atoms with Crippen LogP contribution in [0.3, 0.4) is 0 Å². The van der Waals surface area contributed by atoms with Crippen LogP contribution in [0.15, 0.2) is 24.3 Å². The van der Waals surface area contributed by atoms with E-state index in [0.717, 1.165) is 5.56 Å². The Balaban J connectivity index is 0.000000213. The molecule has 76 valence electrons. The zero-order valence-corrected chi connectivity index (χ0v) is 8.02. The minimum absolute atomic E-state index is 0.152. The Morgan fingerprint density at radius 3 is 2.36 bits per heavy atom. The fourth-order valence-electron chi connectivity index (χ4n) is 1.06. The van der Waals surface area contributed by atoms with Gasteiger partial charge < -0.3 is 19.4 Å². The second-order valence-electron chi connectivity index (χ2n) is 2.53. The predicted octanol–water partition coefficient (Wildman–Crippen LogP) is 0.338. The van der Waals surface area contributed by atoms with Crippen LogP contribution in [0.25, 0.3) is 0 Å². The molecule has 3 N–H and O–H groups in total. The molecule has 0 amide bonds. The second kappa shape index (κ2) is 5.02. The normalized spacial score (nSPS) is 13.0. The summed E-state index contributed by atoms with van der Waals surface area (Å²) in [7, 11) is -2.62. The second-order valence-corrected chi connectivity index (χ2v) is 3.06. The third kappa shape index (κ3) is 3.40. The van der Waals surface area contributed by atoms with Crippen molar-refractivity contribution < 1.29 is 24.2 Å². The van der Waals surface area contributed by atoms with E-state index in [1.807, 2.05) is 18.2 Å². The molecule has 0 unspecified atom stereocenters. The van der Waals surface area contributed by atoms with Gasteiger partial charge in [-0.3, -0.25) is 4.79 Å². The lowest BCUT2D eigenvalue weighted by Crippen LogP contribution is -1.99. The van der Waals surface area contributed by atoms with E-state index in [-0.39, 0.29) is 5.97 Å². The molecule has 0 radical (unpaired) electrons. The molecule has 1 heterocycles. The quantitative estimate of drug-likeness (QED) is 0.330. The maximum Gasteiger partial charge on any atom is 0.324 e. The predicted molar refractivity (Wildman–Crippen MR) is 49.4 cm³/mol. The number of para-hydroxylation sites is 1. The maximum absolute atomic E-state index is 10.7. The van der Waals surface area contributed by atoms with Gasteiger partial charge >= 0.3 is 14.6 Å².